The molecule has 0 unspecified atom stereocenters. The molecule has 2 nitrogen and oxygen atoms in total. The van der Waals surface area contributed by atoms with Gasteiger partial charge in [0.05, 0.1) is 6.10 Å². The molecule has 1 fully saturated rings. The van der Waals surface area contributed by atoms with Gasteiger partial charge in [0.2, 0.25) is 0 Å². The van der Waals surface area contributed by atoms with Gasteiger partial charge in [-0.1, -0.05) is 35.0 Å². The summed E-state index contributed by atoms with van der Waals surface area (Å²) in [7, 11) is 0. The number of hydrogen-bond acceptors (Lipinski definition) is 2. The number of nitrogens with two attached hydrogens (primary N) is 1. The lowest BCUT2D eigenvalue weighted by Gasteiger charge is -2.22. The van der Waals surface area contributed by atoms with Gasteiger partial charge in [0.1, 0.15) is 0 Å². The van der Waals surface area contributed by atoms with Crippen molar-refractivity contribution >= 4 is 15.9 Å². The summed E-state index contributed by atoms with van der Waals surface area (Å²) < 4.78 is 1.03. The third kappa shape index (κ3) is 1.84. The molecule has 1 aromatic carbocycles. The van der Waals surface area contributed by atoms with Crippen LogP contribution >= 0.6 is 15.9 Å². The lowest BCUT2D eigenvalue weighted by molar-refractivity contribution is 0.0889. The zero-order chi connectivity index (χ0) is 11.1. The molecular weight excluding hydrogens is 254 g/mol. The highest BCUT2D eigenvalue weighted by atomic mass is 79.9. The maximum Gasteiger partial charge on any atom is 0.0860 e. The average molecular weight is 270 g/mol. The van der Waals surface area contributed by atoms with E-state index in [4.69, 9.17) is 5.73 Å². The lowest BCUT2D eigenvalue weighted by atomic mass is 9.91. The van der Waals surface area contributed by atoms with Crippen molar-refractivity contribution in [1.82, 2.24) is 0 Å². The van der Waals surface area contributed by atoms with Gasteiger partial charge in [-0.3, -0.25) is 0 Å². The fraction of sp³-hybridized carbons (Fsp3) is 0.500. The Hall–Kier alpha value is -0.380. The number of aliphatic hydroxyl groups is 1. The van der Waals surface area contributed by atoms with E-state index in [0.717, 1.165) is 16.5 Å². The van der Waals surface area contributed by atoms with Crippen molar-refractivity contribution < 1.29 is 5.11 Å². The van der Waals surface area contributed by atoms with Crippen molar-refractivity contribution in [1.29, 1.82) is 0 Å². The van der Waals surface area contributed by atoms with E-state index in [0.29, 0.717) is 12.5 Å². The van der Waals surface area contributed by atoms with E-state index in [1.54, 1.807) is 0 Å². The molecule has 0 aliphatic heterocycles. The van der Waals surface area contributed by atoms with Crippen LogP contribution in [-0.4, -0.2) is 11.7 Å². The van der Waals surface area contributed by atoms with Gasteiger partial charge >= 0.3 is 0 Å². The first kappa shape index (κ1) is 11.1. The Labute approximate surface area is 98.6 Å². The maximum absolute atomic E-state index is 10.3. The molecule has 0 bridgehead atoms. The lowest BCUT2D eigenvalue weighted by Crippen LogP contribution is -2.25. The Kier molecular flexibility index (Phi) is 2.88. The molecule has 0 radical (unpaired) electrons. The highest BCUT2D eigenvalue weighted by molar-refractivity contribution is 9.10. The molecule has 3 N–H and O–H groups in total. The van der Waals surface area contributed by atoms with Crippen molar-refractivity contribution in [3.63, 3.8) is 0 Å². The normalized spacial score (nSPS) is 31.3. The molecule has 3 atom stereocenters. The SMILES string of the molecule is C[C@@H]1C[C@]1(CN)[C@H](O)c1ccc(Br)cc1. The summed E-state index contributed by atoms with van der Waals surface area (Å²) in [4.78, 5) is 0. The fourth-order valence-corrected chi connectivity index (χ4v) is 2.53. The predicted octanol–water partition coefficient (Wildman–Crippen LogP) is 2.47. The van der Waals surface area contributed by atoms with Crippen LogP contribution in [0.1, 0.15) is 25.0 Å². The molecule has 15 heavy (non-hydrogen) atoms. The van der Waals surface area contributed by atoms with E-state index < -0.39 is 6.10 Å². The molecule has 82 valence electrons. The summed E-state index contributed by atoms with van der Waals surface area (Å²) in [6.45, 7) is 2.71. The molecule has 0 amide bonds. The zero-order valence-corrected chi connectivity index (χ0v) is 10.4. The molecule has 1 saturated carbocycles. The van der Waals surface area contributed by atoms with Gasteiger partial charge in [-0.15, -0.1) is 0 Å². The van der Waals surface area contributed by atoms with Gasteiger partial charge < -0.3 is 10.8 Å². The summed E-state index contributed by atoms with van der Waals surface area (Å²) in [6.07, 6.45) is 0.603. The molecule has 0 saturated heterocycles. The summed E-state index contributed by atoms with van der Waals surface area (Å²) in [5.74, 6) is 0.529. The topological polar surface area (TPSA) is 46.2 Å². The standard InChI is InChI=1S/C12H16BrNO/c1-8-6-12(8,7-14)11(15)9-2-4-10(13)5-3-9/h2-5,8,11,15H,6-7,14H2,1H3/t8-,11-,12-/m1/s1. The van der Waals surface area contributed by atoms with Gasteiger partial charge in [0, 0.05) is 16.4 Å². The van der Waals surface area contributed by atoms with Crippen molar-refractivity contribution in [3.8, 4) is 0 Å². The minimum absolute atomic E-state index is 0.0756. The predicted molar refractivity (Wildman–Crippen MR) is 64.4 cm³/mol. The Morgan fingerprint density at radius 2 is 2.07 bits per heavy atom. The van der Waals surface area contributed by atoms with Crippen molar-refractivity contribution in [2.45, 2.75) is 19.4 Å². The monoisotopic (exact) mass is 269 g/mol. The molecular formula is C12H16BrNO. The Morgan fingerprint density at radius 3 is 2.47 bits per heavy atom. The van der Waals surface area contributed by atoms with E-state index in [1.165, 1.54) is 0 Å². The molecule has 0 spiro atoms. The minimum atomic E-state index is -0.425. The smallest absolute Gasteiger partial charge is 0.0860 e. The van der Waals surface area contributed by atoms with Gasteiger partial charge in [0.15, 0.2) is 0 Å². The van der Waals surface area contributed by atoms with E-state index in [2.05, 4.69) is 22.9 Å². The summed E-state index contributed by atoms with van der Waals surface area (Å²) in [5.41, 5.74) is 6.65. The zero-order valence-electron chi connectivity index (χ0n) is 8.78. The van der Waals surface area contributed by atoms with Gasteiger partial charge in [-0.2, -0.15) is 0 Å². The van der Waals surface area contributed by atoms with Gasteiger partial charge in [-0.25, -0.2) is 0 Å². The van der Waals surface area contributed by atoms with Gasteiger partial charge in [-0.05, 0) is 30.0 Å². The quantitative estimate of drug-likeness (QED) is 0.886. The molecule has 3 heteroatoms. The van der Waals surface area contributed by atoms with Crippen LogP contribution in [0.5, 0.6) is 0 Å². The summed E-state index contributed by atoms with van der Waals surface area (Å²) in [5, 5.41) is 10.3. The van der Waals surface area contributed by atoms with E-state index >= 15 is 0 Å². The Balaban J connectivity index is 2.21. The van der Waals surface area contributed by atoms with Crippen LogP contribution in [0, 0.1) is 11.3 Å². The van der Waals surface area contributed by atoms with Crippen LogP contribution < -0.4 is 5.73 Å². The number of hydrogen-bond donors (Lipinski definition) is 2. The van der Waals surface area contributed by atoms with Crippen molar-refractivity contribution in [2.24, 2.45) is 17.1 Å². The Bertz CT molecular complexity index is 347. The van der Waals surface area contributed by atoms with Crippen LogP contribution in [0.4, 0.5) is 0 Å². The van der Waals surface area contributed by atoms with Crippen molar-refractivity contribution in [3.05, 3.63) is 34.3 Å². The highest BCUT2D eigenvalue weighted by Gasteiger charge is 2.55. The number of rotatable bonds is 3. The van der Waals surface area contributed by atoms with Crippen LogP contribution in [0.3, 0.4) is 0 Å². The molecule has 1 aliphatic rings. The fourth-order valence-electron chi connectivity index (χ4n) is 2.27. The highest BCUT2D eigenvalue weighted by Crippen LogP contribution is 2.59. The second-order valence-electron chi connectivity index (χ2n) is 4.50. The molecule has 1 aliphatic carbocycles. The number of aliphatic hydroxyl groups excluding tert-OH is 1. The van der Waals surface area contributed by atoms with Crippen LogP contribution in [0.25, 0.3) is 0 Å². The first-order valence-corrected chi connectivity index (χ1v) is 6.03. The van der Waals surface area contributed by atoms with E-state index in [-0.39, 0.29) is 5.41 Å². The summed E-state index contributed by atoms with van der Waals surface area (Å²) in [6, 6.07) is 7.82. The van der Waals surface area contributed by atoms with E-state index in [1.807, 2.05) is 24.3 Å². The summed E-state index contributed by atoms with van der Waals surface area (Å²) >= 11 is 3.38. The van der Waals surface area contributed by atoms with Crippen LogP contribution in [0.15, 0.2) is 28.7 Å². The van der Waals surface area contributed by atoms with Crippen molar-refractivity contribution in [2.75, 3.05) is 6.54 Å². The van der Waals surface area contributed by atoms with Gasteiger partial charge in [0.25, 0.3) is 0 Å². The minimum Gasteiger partial charge on any atom is -0.388 e. The first-order chi connectivity index (χ1) is 7.10. The van der Waals surface area contributed by atoms with E-state index in [9.17, 15) is 5.11 Å². The molecule has 2 rings (SSSR count). The largest absolute Gasteiger partial charge is 0.388 e. The van der Waals surface area contributed by atoms with Crippen LogP contribution in [-0.2, 0) is 0 Å². The third-order valence-electron chi connectivity index (χ3n) is 3.62. The molecule has 0 aromatic heterocycles. The van der Waals surface area contributed by atoms with Crippen LogP contribution in [0.2, 0.25) is 0 Å². The number of halogens is 1. The maximum atomic E-state index is 10.3. The second kappa shape index (κ2) is 3.89. The number of benzene rings is 1. The average Bonchev–Trinajstić information content (AvgIpc) is 2.91. The first-order valence-electron chi connectivity index (χ1n) is 5.24. The third-order valence-corrected chi connectivity index (χ3v) is 4.15. The molecule has 0 heterocycles. The molecule has 1 aromatic rings. The second-order valence-corrected chi connectivity index (χ2v) is 5.41. The Morgan fingerprint density at radius 1 is 1.53 bits per heavy atom.